The summed E-state index contributed by atoms with van der Waals surface area (Å²) in [6.45, 7) is 0.299. The molecule has 0 spiro atoms. The van der Waals surface area contributed by atoms with Gasteiger partial charge < -0.3 is 10.7 Å². The van der Waals surface area contributed by atoms with Crippen LogP contribution in [-0.4, -0.2) is 9.91 Å². The van der Waals surface area contributed by atoms with E-state index in [0.29, 0.717) is 12.2 Å². The number of H-pyrrole nitrogens is 1. The Bertz CT molecular complexity index is 243. The highest BCUT2D eigenvalue weighted by Crippen LogP contribution is 2.10. The Hall–Kier alpha value is -1.36. The first-order chi connectivity index (χ1) is 4.74. The Labute approximate surface area is 57.0 Å². The molecule has 0 aliphatic heterocycles. The number of hydrogen-bond donors (Lipinski definition) is 2. The number of nitrogens with zero attached hydrogens (tertiary/aromatic N) is 1. The standard InChI is InChI=1S/C5H7N3O2/c6-2-4-1-5(3-7-4)8(9)10/h1,3,7H,2,6H2. The number of nitrogens with two attached hydrogens (primary N) is 1. The van der Waals surface area contributed by atoms with E-state index in [1.165, 1.54) is 12.3 Å². The van der Waals surface area contributed by atoms with Gasteiger partial charge in [0.05, 0.1) is 11.1 Å². The van der Waals surface area contributed by atoms with Gasteiger partial charge in [-0.1, -0.05) is 0 Å². The molecule has 10 heavy (non-hydrogen) atoms. The summed E-state index contributed by atoms with van der Waals surface area (Å²) >= 11 is 0. The van der Waals surface area contributed by atoms with Crippen LogP contribution in [0.2, 0.25) is 0 Å². The lowest BCUT2D eigenvalue weighted by Gasteiger charge is -1.82. The molecule has 0 atom stereocenters. The average Bonchev–Trinajstić information content (AvgIpc) is 2.34. The van der Waals surface area contributed by atoms with Crippen molar-refractivity contribution in [2.75, 3.05) is 0 Å². The lowest BCUT2D eigenvalue weighted by molar-refractivity contribution is -0.384. The summed E-state index contributed by atoms with van der Waals surface area (Å²) in [5, 5.41) is 10.1. The largest absolute Gasteiger partial charge is 0.358 e. The van der Waals surface area contributed by atoms with Crippen LogP contribution in [0, 0.1) is 10.1 Å². The molecule has 1 aromatic heterocycles. The van der Waals surface area contributed by atoms with Gasteiger partial charge in [0, 0.05) is 18.3 Å². The molecule has 1 aromatic rings. The maximum absolute atomic E-state index is 10.1. The molecule has 3 N–H and O–H groups in total. The number of hydrogen-bond acceptors (Lipinski definition) is 3. The first-order valence-corrected chi connectivity index (χ1v) is 2.76. The second-order valence-electron chi connectivity index (χ2n) is 1.84. The summed E-state index contributed by atoms with van der Waals surface area (Å²) < 4.78 is 0. The zero-order valence-corrected chi connectivity index (χ0v) is 5.20. The molecule has 0 aliphatic rings. The minimum atomic E-state index is -0.463. The molecule has 54 valence electrons. The van der Waals surface area contributed by atoms with Gasteiger partial charge in [-0.25, -0.2) is 0 Å². The van der Waals surface area contributed by atoms with Gasteiger partial charge in [0.1, 0.15) is 0 Å². The normalized spacial score (nSPS) is 9.70. The second kappa shape index (κ2) is 2.49. The van der Waals surface area contributed by atoms with Gasteiger partial charge in [0.2, 0.25) is 0 Å². The summed E-state index contributed by atoms with van der Waals surface area (Å²) in [7, 11) is 0. The van der Waals surface area contributed by atoms with E-state index in [-0.39, 0.29) is 5.69 Å². The van der Waals surface area contributed by atoms with Gasteiger partial charge in [0.15, 0.2) is 0 Å². The molecule has 0 amide bonds. The van der Waals surface area contributed by atoms with Crippen LogP contribution in [0.25, 0.3) is 0 Å². The van der Waals surface area contributed by atoms with E-state index in [1.807, 2.05) is 0 Å². The Balaban J connectivity index is 2.88. The van der Waals surface area contributed by atoms with E-state index in [4.69, 9.17) is 5.73 Å². The third-order valence-electron chi connectivity index (χ3n) is 1.16. The highest BCUT2D eigenvalue weighted by molar-refractivity contribution is 5.29. The fourth-order valence-electron chi connectivity index (χ4n) is 0.652. The molecule has 0 bridgehead atoms. The van der Waals surface area contributed by atoms with Crippen LogP contribution in [0.3, 0.4) is 0 Å². The van der Waals surface area contributed by atoms with Crippen molar-refractivity contribution in [1.82, 2.24) is 4.98 Å². The van der Waals surface area contributed by atoms with Crippen molar-refractivity contribution >= 4 is 5.69 Å². The molecule has 0 radical (unpaired) electrons. The molecule has 1 heterocycles. The van der Waals surface area contributed by atoms with Crippen molar-refractivity contribution in [1.29, 1.82) is 0 Å². The maximum Gasteiger partial charge on any atom is 0.287 e. The van der Waals surface area contributed by atoms with Gasteiger partial charge in [-0.05, 0) is 0 Å². The second-order valence-corrected chi connectivity index (χ2v) is 1.84. The van der Waals surface area contributed by atoms with Crippen molar-refractivity contribution in [3.8, 4) is 0 Å². The first kappa shape index (κ1) is 6.76. The number of aromatic nitrogens is 1. The number of aromatic amines is 1. The van der Waals surface area contributed by atoms with E-state index in [9.17, 15) is 10.1 Å². The molecule has 0 aromatic carbocycles. The predicted molar refractivity (Wildman–Crippen MR) is 35.3 cm³/mol. The lowest BCUT2D eigenvalue weighted by atomic mass is 10.4. The number of rotatable bonds is 2. The van der Waals surface area contributed by atoms with E-state index in [0.717, 1.165) is 0 Å². The Morgan fingerprint density at radius 2 is 2.50 bits per heavy atom. The zero-order chi connectivity index (χ0) is 7.56. The van der Waals surface area contributed by atoms with Crippen molar-refractivity contribution in [2.45, 2.75) is 6.54 Å². The molecule has 0 unspecified atom stereocenters. The van der Waals surface area contributed by atoms with Gasteiger partial charge in [-0.3, -0.25) is 10.1 Å². The molecule has 5 heteroatoms. The number of nitrogens with one attached hydrogen (secondary N) is 1. The van der Waals surface area contributed by atoms with Crippen LogP contribution >= 0.6 is 0 Å². The van der Waals surface area contributed by atoms with Gasteiger partial charge in [0.25, 0.3) is 5.69 Å². The number of nitro groups is 1. The van der Waals surface area contributed by atoms with E-state index >= 15 is 0 Å². The quantitative estimate of drug-likeness (QED) is 0.461. The third kappa shape index (κ3) is 1.14. The first-order valence-electron chi connectivity index (χ1n) is 2.76. The topological polar surface area (TPSA) is 84.9 Å². The average molecular weight is 141 g/mol. The molecule has 0 saturated carbocycles. The van der Waals surface area contributed by atoms with Crippen molar-refractivity contribution in [2.24, 2.45) is 5.73 Å². The molecular formula is C5H7N3O2. The van der Waals surface area contributed by atoms with Crippen LogP contribution in [-0.2, 0) is 6.54 Å². The summed E-state index contributed by atoms with van der Waals surface area (Å²) in [5.74, 6) is 0. The van der Waals surface area contributed by atoms with Gasteiger partial charge in [-0.2, -0.15) is 0 Å². The van der Waals surface area contributed by atoms with Crippen molar-refractivity contribution < 1.29 is 4.92 Å². The summed E-state index contributed by atoms with van der Waals surface area (Å²) in [4.78, 5) is 12.3. The SMILES string of the molecule is NCc1cc([N+](=O)[O-])c[nH]1. The zero-order valence-electron chi connectivity index (χ0n) is 5.20. The lowest BCUT2D eigenvalue weighted by Crippen LogP contribution is -1.95. The highest BCUT2D eigenvalue weighted by Gasteiger charge is 2.06. The molecule has 0 aliphatic carbocycles. The summed E-state index contributed by atoms with van der Waals surface area (Å²) in [6.07, 6.45) is 1.32. The van der Waals surface area contributed by atoms with E-state index in [2.05, 4.69) is 4.98 Å². The molecular weight excluding hydrogens is 134 g/mol. The molecule has 0 saturated heterocycles. The maximum atomic E-state index is 10.1. The highest BCUT2D eigenvalue weighted by atomic mass is 16.6. The van der Waals surface area contributed by atoms with Crippen LogP contribution in [0.1, 0.15) is 5.69 Å². The fraction of sp³-hybridized carbons (Fsp3) is 0.200. The summed E-state index contributed by atoms with van der Waals surface area (Å²) in [6, 6.07) is 1.42. The smallest absolute Gasteiger partial charge is 0.287 e. The van der Waals surface area contributed by atoms with Gasteiger partial charge >= 0.3 is 0 Å². The van der Waals surface area contributed by atoms with Crippen LogP contribution in [0.4, 0.5) is 5.69 Å². The minimum Gasteiger partial charge on any atom is -0.358 e. The van der Waals surface area contributed by atoms with Gasteiger partial charge in [-0.15, -0.1) is 0 Å². The monoisotopic (exact) mass is 141 g/mol. The van der Waals surface area contributed by atoms with Crippen LogP contribution < -0.4 is 5.73 Å². The Kier molecular flexibility index (Phi) is 1.68. The molecule has 1 rings (SSSR count). The predicted octanol–water partition coefficient (Wildman–Crippen LogP) is 0.382. The molecule has 0 fully saturated rings. The van der Waals surface area contributed by atoms with Crippen LogP contribution in [0.5, 0.6) is 0 Å². The minimum absolute atomic E-state index is 0.0560. The fourth-order valence-corrected chi connectivity index (χ4v) is 0.652. The van der Waals surface area contributed by atoms with Crippen LogP contribution in [0.15, 0.2) is 12.3 Å². The Morgan fingerprint density at radius 3 is 2.80 bits per heavy atom. The van der Waals surface area contributed by atoms with E-state index in [1.54, 1.807) is 0 Å². The summed E-state index contributed by atoms with van der Waals surface area (Å²) in [5.41, 5.74) is 5.94. The van der Waals surface area contributed by atoms with E-state index < -0.39 is 4.92 Å². The van der Waals surface area contributed by atoms with Crippen molar-refractivity contribution in [3.05, 3.63) is 28.1 Å². The Morgan fingerprint density at radius 1 is 1.80 bits per heavy atom. The third-order valence-corrected chi connectivity index (χ3v) is 1.16. The van der Waals surface area contributed by atoms with Crippen molar-refractivity contribution in [3.63, 3.8) is 0 Å². The molecule has 5 nitrogen and oxygen atoms in total.